The van der Waals surface area contributed by atoms with Gasteiger partial charge in [-0.15, -0.1) is 11.3 Å². The highest BCUT2D eigenvalue weighted by atomic mass is 32.1. The maximum atomic E-state index is 12.2. The Hall–Kier alpha value is -1.62. The summed E-state index contributed by atoms with van der Waals surface area (Å²) in [5, 5.41) is 3.57. The topological polar surface area (TPSA) is 55.1 Å². The van der Waals surface area contributed by atoms with E-state index in [9.17, 15) is 4.79 Å². The molecule has 0 bridgehead atoms. The number of nitrogens with zero attached hydrogens (tertiary/aromatic N) is 1. The molecular weight excluding hydrogens is 272 g/mol. The zero-order chi connectivity index (χ0) is 14.5. The Kier molecular flexibility index (Phi) is 2.97. The zero-order valence-electron chi connectivity index (χ0n) is 12.2. The summed E-state index contributed by atoms with van der Waals surface area (Å²) >= 11 is 1.59. The Morgan fingerprint density at radius 2 is 2.20 bits per heavy atom. The van der Waals surface area contributed by atoms with Gasteiger partial charge in [0.1, 0.15) is 11.5 Å². The number of fused-ring (bicyclic) bond motifs is 1. The molecule has 0 atom stereocenters. The van der Waals surface area contributed by atoms with E-state index in [4.69, 9.17) is 4.42 Å². The third-order valence-electron chi connectivity index (χ3n) is 3.82. The van der Waals surface area contributed by atoms with E-state index in [1.54, 1.807) is 24.3 Å². The number of nitrogens with one attached hydrogen (secondary N) is 1. The van der Waals surface area contributed by atoms with Gasteiger partial charge in [0.05, 0.1) is 11.3 Å². The van der Waals surface area contributed by atoms with Gasteiger partial charge in [-0.2, -0.15) is 0 Å². The highest BCUT2D eigenvalue weighted by Crippen LogP contribution is 2.42. The van der Waals surface area contributed by atoms with Crippen molar-refractivity contribution in [3.05, 3.63) is 33.7 Å². The Bertz CT molecular complexity index is 682. The van der Waals surface area contributed by atoms with Gasteiger partial charge in [0.2, 0.25) is 0 Å². The maximum absolute atomic E-state index is 12.2. The van der Waals surface area contributed by atoms with Crippen LogP contribution in [-0.2, 0) is 11.8 Å². The third kappa shape index (κ3) is 2.16. The molecule has 4 nitrogen and oxygen atoms in total. The molecule has 5 heteroatoms. The molecule has 2 heterocycles. The normalized spacial score (nSPS) is 16.2. The van der Waals surface area contributed by atoms with E-state index in [-0.39, 0.29) is 11.3 Å². The number of aryl methyl sites for hydroxylation is 3. The summed E-state index contributed by atoms with van der Waals surface area (Å²) < 4.78 is 5.39. The molecule has 0 saturated heterocycles. The zero-order valence-corrected chi connectivity index (χ0v) is 13.0. The SMILES string of the molecule is Cc1cc(C(=O)Nc2nc3c(s2)CCC3(C)C)c(C)o1. The van der Waals surface area contributed by atoms with Crippen molar-refractivity contribution >= 4 is 22.4 Å². The molecule has 106 valence electrons. The van der Waals surface area contributed by atoms with Gasteiger partial charge >= 0.3 is 0 Å². The van der Waals surface area contributed by atoms with Crippen LogP contribution in [-0.4, -0.2) is 10.9 Å². The molecule has 1 N–H and O–H groups in total. The monoisotopic (exact) mass is 290 g/mol. The molecule has 2 aromatic heterocycles. The summed E-state index contributed by atoms with van der Waals surface area (Å²) in [5.41, 5.74) is 1.84. The molecule has 2 aromatic rings. The fraction of sp³-hybridized carbons (Fsp3) is 0.467. The van der Waals surface area contributed by atoms with Gasteiger partial charge < -0.3 is 4.42 Å². The second kappa shape index (κ2) is 4.45. The van der Waals surface area contributed by atoms with Crippen molar-refractivity contribution in [2.75, 3.05) is 5.32 Å². The van der Waals surface area contributed by atoms with E-state index >= 15 is 0 Å². The predicted molar refractivity (Wildman–Crippen MR) is 79.6 cm³/mol. The standard InChI is InChI=1S/C15H18N2O2S/c1-8-7-10(9(2)19-8)13(18)17-14-16-12-11(20-14)5-6-15(12,3)4/h7H,5-6H2,1-4H3,(H,16,17,18). The molecule has 1 amide bonds. The minimum absolute atomic E-state index is 0.122. The summed E-state index contributed by atoms with van der Waals surface area (Å²) in [7, 11) is 0. The lowest BCUT2D eigenvalue weighted by Gasteiger charge is -2.15. The van der Waals surface area contributed by atoms with Crippen LogP contribution in [0.4, 0.5) is 5.13 Å². The van der Waals surface area contributed by atoms with Crippen LogP contribution < -0.4 is 5.32 Å². The second-order valence-corrected chi connectivity index (χ2v) is 7.04. The van der Waals surface area contributed by atoms with Crippen LogP contribution >= 0.6 is 11.3 Å². The number of carbonyl (C=O) groups is 1. The van der Waals surface area contributed by atoms with Gasteiger partial charge in [-0.3, -0.25) is 10.1 Å². The summed E-state index contributed by atoms with van der Waals surface area (Å²) in [6, 6.07) is 1.76. The van der Waals surface area contributed by atoms with Crippen molar-refractivity contribution in [3.63, 3.8) is 0 Å². The van der Waals surface area contributed by atoms with Gasteiger partial charge in [0.25, 0.3) is 5.91 Å². The van der Waals surface area contributed by atoms with E-state index in [2.05, 4.69) is 24.1 Å². The lowest BCUT2D eigenvalue weighted by molar-refractivity contribution is 0.102. The van der Waals surface area contributed by atoms with E-state index in [1.165, 1.54) is 4.88 Å². The predicted octanol–water partition coefficient (Wildman–Crippen LogP) is 3.83. The fourth-order valence-corrected chi connectivity index (χ4v) is 3.81. The molecule has 3 rings (SSSR count). The number of hydrogen-bond acceptors (Lipinski definition) is 4. The number of anilines is 1. The van der Waals surface area contributed by atoms with Gasteiger partial charge in [-0.1, -0.05) is 13.8 Å². The van der Waals surface area contributed by atoms with E-state index in [0.717, 1.165) is 24.3 Å². The maximum Gasteiger partial charge on any atom is 0.260 e. The minimum atomic E-state index is -0.149. The van der Waals surface area contributed by atoms with Crippen molar-refractivity contribution < 1.29 is 9.21 Å². The lowest BCUT2D eigenvalue weighted by atomic mass is 9.91. The van der Waals surface area contributed by atoms with E-state index < -0.39 is 0 Å². The van der Waals surface area contributed by atoms with Gasteiger partial charge in [0.15, 0.2) is 5.13 Å². The average Bonchev–Trinajstić information content (AvgIpc) is 2.97. The first kappa shape index (κ1) is 13.4. The molecular formula is C15H18N2O2S. The van der Waals surface area contributed by atoms with Crippen LogP contribution in [0.2, 0.25) is 0 Å². The highest BCUT2D eigenvalue weighted by Gasteiger charge is 2.34. The summed E-state index contributed by atoms with van der Waals surface area (Å²) in [4.78, 5) is 18.1. The fourth-order valence-electron chi connectivity index (χ4n) is 2.67. The quantitative estimate of drug-likeness (QED) is 0.914. The number of aromatic nitrogens is 1. The molecule has 20 heavy (non-hydrogen) atoms. The second-order valence-electron chi connectivity index (χ2n) is 5.96. The molecule has 1 aliphatic rings. The van der Waals surface area contributed by atoms with Crippen molar-refractivity contribution in [2.24, 2.45) is 0 Å². The molecule has 0 fully saturated rings. The van der Waals surface area contributed by atoms with Crippen LogP contribution in [0.3, 0.4) is 0 Å². The summed E-state index contributed by atoms with van der Waals surface area (Å²) in [6.45, 7) is 8.04. The largest absolute Gasteiger partial charge is 0.466 e. The Morgan fingerprint density at radius 3 is 2.80 bits per heavy atom. The van der Waals surface area contributed by atoms with Crippen LogP contribution in [0.25, 0.3) is 0 Å². The number of amides is 1. The van der Waals surface area contributed by atoms with Crippen LogP contribution in [0.1, 0.15) is 52.7 Å². The molecule has 0 radical (unpaired) electrons. The third-order valence-corrected chi connectivity index (χ3v) is 4.85. The molecule has 0 aromatic carbocycles. The molecule has 0 aliphatic heterocycles. The van der Waals surface area contributed by atoms with Gasteiger partial charge in [0, 0.05) is 10.3 Å². The number of rotatable bonds is 2. The van der Waals surface area contributed by atoms with Crippen molar-refractivity contribution in [1.29, 1.82) is 0 Å². The minimum Gasteiger partial charge on any atom is -0.466 e. The van der Waals surface area contributed by atoms with Gasteiger partial charge in [-0.05, 0) is 32.8 Å². The first-order chi connectivity index (χ1) is 9.37. The molecule has 0 saturated carbocycles. The number of hydrogen-bond donors (Lipinski definition) is 1. The first-order valence-electron chi connectivity index (χ1n) is 6.75. The van der Waals surface area contributed by atoms with E-state index in [1.807, 2.05) is 6.92 Å². The van der Waals surface area contributed by atoms with Gasteiger partial charge in [-0.25, -0.2) is 4.98 Å². The Balaban J connectivity index is 1.83. The number of thiazole rings is 1. The first-order valence-corrected chi connectivity index (χ1v) is 7.57. The average molecular weight is 290 g/mol. The summed E-state index contributed by atoms with van der Waals surface area (Å²) in [5.74, 6) is 1.24. The van der Waals surface area contributed by atoms with Crippen molar-refractivity contribution in [3.8, 4) is 0 Å². The van der Waals surface area contributed by atoms with Crippen molar-refractivity contribution in [2.45, 2.75) is 46.0 Å². The van der Waals surface area contributed by atoms with E-state index in [0.29, 0.717) is 16.5 Å². The molecule has 0 unspecified atom stereocenters. The van der Waals surface area contributed by atoms with Crippen LogP contribution in [0, 0.1) is 13.8 Å². The summed E-state index contributed by atoms with van der Waals surface area (Å²) in [6.07, 6.45) is 2.19. The van der Waals surface area contributed by atoms with Crippen LogP contribution in [0.5, 0.6) is 0 Å². The lowest BCUT2D eigenvalue weighted by Crippen LogP contribution is -2.15. The Labute approximate surface area is 122 Å². The molecule has 0 spiro atoms. The molecule has 1 aliphatic carbocycles. The van der Waals surface area contributed by atoms with Crippen molar-refractivity contribution in [1.82, 2.24) is 4.98 Å². The highest BCUT2D eigenvalue weighted by molar-refractivity contribution is 7.16. The smallest absolute Gasteiger partial charge is 0.260 e. The Morgan fingerprint density at radius 1 is 1.45 bits per heavy atom. The number of carbonyl (C=O) groups excluding carboxylic acids is 1. The van der Waals surface area contributed by atoms with Crippen LogP contribution in [0.15, 0.2) is 10.5 Å². The number of furan rings is 1.